The van der Waals surface area contributed by atoms with Crippen molar-refractivity contribution in [3.8, 4) is 0 Å². The molecule has 0 spiro atoms. The fourth-order valence-corrected chi connectivity index (χ4v) is 14.3. The second-order valence-corrected chi connectivity index (χ2v) is 24.8. The monoisotopic (exact) mass is 987 g/mol. The van der Waals surface area contributed by atoms with Crippen LogP contribution < -0.4 is 9.80 Å². The van der Waals surface area contributed by atoms with Gasteiger partial charge in [0.15, 0.2) is 0 Å². The van der Waals surface area contributed by atoms with E-state index in [1.54, 1.807) is 0 Å². The van der Waals surface area contributed by atoms with Crippen molar-refractivity contribution in [1.29, 1.82) is 0 Å². The summed E-state index contributed by atoms with van der Waals surface area (Å²) in [6.45, 7) is 18.7. The molecule has 0 amide bonds. The normalized spacial score (nSPS) is 14.4. The molecule has 4 nitrogen and oxygen atoms in total. The van der Waals surface area contributed by atoms with E-state index in [0.29, 0.717) is 0 Å². The summed E-state index contributed by atoms with van der Waals surface area (Å²) in [6, 6.07) is 61.9. The molecule has 0 saturated heterocycles. The quantitative estimate of drug-likeness (QED) is 0.165. The summed E-state index contributed by atoms with van der Waals surface area (Å²) in [5, 5.41) is 10.4. The topological polar surface area (TPSA) is 15.3 Å². The van der Waals surface area contributed by atoms with E-state index in [0.717, 1.165) is 12.8 Å². The van der Waals surface area contributed by atoms with E-state index in [4.69, 9.17) is 0 Å². The van der Waals surface area contributed by atoms with Crippen molar-refractivity contribution in [2.45, 2.75) is 118 Å². The molecule has 0 fully saturated rings. The lowest BCUT2D eigenvalue weighted by Gasteiger charge is -2.28. The van der Waals surface area contributed by atoms with Gasteiger partial charge in [0.2, 0.25) is 0 Å². The third-order valence-corrected chi connectivity index (χ3v) is 17.8. The van der Waals surface area contributed by atoms with Crippen molar-refractivity contribution < 1.29 is 0 Å². The van der Waals surface area contributed by atoms with Crippen LogP contribution in [0, 0.1) is 13.8 Å². The molecule has 0 saturated carbocycles. The van der Waals surface area contributed by atoms with E-state index >= 15 is 0 Å². The Morgan fingerprint density at radius 1 is 0.342 bits per heavy atom. The average Bonchev–Trinajstić information content (AvgIpc) is 4.28. The third-order valence-electron chi connectivity index (χ3n) is 17.8. The van der Waals surface area contributed by atoms with Crippen LogP contribution in [0.3, 0.4) is 0 Å². The van der Waals surface area contributed by atoms with Gasteiger partial charge in [-0.15, -0.1) is 0 Å². The van der Waals surface area contributed by atoms with E-state index in [9.17, 15) is 0 Å². The predicted octanol–water partition coefficient (Wildman–Crippen LogP) is 19.9. The Hall–Kier alpha value is -7.82. The van der Waals surface area contributed by atoms with Crippen molar-refractivity contribution in [3.05, 3.63) is 202 Å². The zero-order chi connectivity index (χ0) is 51.5. The second-order valence-electron chi connectivity index (χ2n) is 24.8. The van der Waals surface area contributed by atoms with Crippen LogP contribution in [0.1, 0.15) is 112 Å². The minimum absolute atomic E-state index is 0.105. The predicted molar refractivity (Wildman–Crippen MR) is 325 cm³/mol. The summed E-state index contributed by atoms with van der Waals surface area (Å²) in [6.07, 6.45) is 9.65. The van der Waals surface area contributed by atoms with E-state index in [2.05, 4.69) is 232 Å². The van der Waals surface area contributed by atoms with Gasteiger partial charge in [-0.2, -0.15) is 0 Å². The van der Waals surface area contributed by atoms with Gasteiger partial charge in [-0.25, -0.2) is 0 Å². The highest BCUT2D eigenvalue weighted by molar-refractivity contribution is 6.32. The van der Waals surface area contributed by atoms with Crippen LogP contribution in [0.15, 0.2) is 158 Å². The molecule has 4 heteroatoms. The minimum Gasteiger partial charge on any atom is -0.310 e. The Labute approximate surface area is 446 Å². The highest BCUT2D eigenvalue weighted by Gasteiger charge is 2.32. The SMILES string of the molecule is Cc1cccc(N(c2ccc3c(c2)CCCC3)c2ccc3c4cc5c(cc4n4c6c(C(C)(C)C)cccc6c2c34)c2ccc(N(c3cccc(C)c3)c3ccc4c(c3)CCCC4)c3c4cccc(C(C)(C)C)c4n5c23)c1. The van der Waals surface area contributed by atoms with Gasteiger partial charge in [0.05, 0.1) is 44.5 Å². The molecular weight excluding hydrogens is 921 g/mol. The highest BCUT2D eigenvalue weighted by Crippen LogP contribution is 2.53. The van der Waals surface area contributed by atoms with E-state index in [-0.39, 0.29) is 10.8 Å². The summed E-state index contributed by atoms with van der Waals surface area (Å²) in [5.41, 5.74) is 26.0. The molecule has 4 aromatic heterocycles. The first kappa shape index (κ1) is 45.6. The molecule has 0 radical (unpaired) electrons. The number of hydrogen-bond acceptors (Lipinski definition) is 2. The molecule has 76 heavy (non-hydrogen) atoms. The van der Waals surface area contributed by atoms with Crippen molar-refractivity contribution in [3.63, 3.8) is 0 Å². The molecule has 2 aliphatic rings. The Bertz CT molecular complexity index is 4240. The minimum atomic E-state index is -0.105. The Balaban J connectivity index is 1.06. The fourth-order valence-electron chi connectivity index (χ4n) is 14.3. The van der Waals surface area contributed by atoms with Crippen molar-refractivity contribution in [2.24, 2.45) is 0 Å². The second kappa shape index (κ2) is 16.3. The number of nitrogens with zero attached hydrogens (tertiary/aromatic N) is 4. The van der Waals surface area contributed by atoms with E-state index in [1.807, 2.05) is 0 Å². The number of hydrogen-bond donors (Lipinski definition) is 0. The summed E-state index contributed by atoms with van der Waals surface area (Å²) < 4.78 is 5.35. The highest BCUT2D eigenvalue weighted by atomic mass is 15.2. The number of anilines is 6. The molecule has 0 unspecified atom stereocenters. The summed E-state index contributed by atoms with van der Waals surface area (Å²) >= 11 is 0. The van der Waals surface area contributed by atoms with Gasteiger partial charge in [-0.3, -0.25) is 0 Å². The summed E-state index contributed by atoms with van der Waals surface area (Å²) in [4.78, 5) is 5.12. The molecule has 0 aliphatic heterocycles. The first-order valence-electron chi connectivity index (χ1n) is 28.2. The van der Waals surface area contributed by atoms with Crippen LogP contribution in [0.5, 0.6) is 0 Å². The standard InChI is InChI=1S/C72H66N4/c1-43-17-13-23-49(37-43)73(51-31-29-45-19-9-11-21-47(45)39-51)61-35-33-53-57-41-64-58(42-63(57)75-67-55(65(61)69(53)75)25-15-27-59(67)71(3,4)5)54-34-36-62(66-56-26-16-28-60(72(6,7)8)68(56)76(64)70(54)66)74(50-24-14-18-44(2)38-50)52-32-30-46-20-10-12-22-48(46)40-52/h13-18,23-42H,9-12,19-22H2,1-8H3. The Morgan fingerprint density at radius 3 is 1.14 bits per heavy atom. The zero-order valence-corrected chi connectivity index (χ0v) is 45.5. The maximum absolute atomic E-state index is 2.68. The van der Waals surface area contributed by atoms with Gasteiger partial charge in [0.25, 0.3) is 0 Å². The molecule has 9 aromatic carbocycles. The van der Waals surface area contributed by atoms with Gasteiger partial charge in [-0.1, -0.05) is 126 Å². The first-order valence-corrected chi connectivity index (χ1v) is 28.2. The summed E-state index contributed by atoms with van der Waals surface area (Å²) in [7, 11) is 0. The van der Waals surface area contributed by atoms with Crippen LogP contribution in [0.4, 0.5) is 34.1 Å². The van der Waals surface area contributed by atoms with Gasteiger partial charge in [0, 0.05) is 65.8 Å². The molecule has 15 rings (SSSR count). The number of rotatable bonds is 6. The van der Waals surface area contributed by atoms with Crippen molar-refractivity contribution in [2.75, 3.05) is 9.80 Å². The number of aromatic nitrogens is 2. The summed E-state index contributed by atoms with van der Waals surface area (Å²) in [5.74, 6) is 0. The van der Waals surface area contributed by atoms with Crippen LogP contribution in [-0.2, 0) is 36.5 Å². The van der Waals surface area contributed by atoms with Crippen LogP contribution in [-0.4, -0.2) is 8.80 Å². The lowest BCUT2D eigenvalue weighted by Crippen LogP contribution is -2.13. The number of para-hydroxylation sites is 2. The lowest BCUT2D eigenvalue weighted by molar-refractivity contribution is 0.594. The Kier molecular flexibility index (Phi) is 9.80. The number of aryl methyl sites for hydroxylation is 6. The molecule has 0 atom stereocenters. The number of fused-ring (bicyclic) bond motifs is 14. The first-order chi connectivity index (χ1) is 36.8. The lowest BCUT2D eigenvalue weighted by atomic mass is 9.85. The van der Waals surface area contributed by atoms with Crippen LogP contribution >= 0.6 is 0 Å². The van der Waals surface area contributed by atoms with Crippen molar-refractivity contribution in [1.82, 2.24) is 8.80 Å². The molecule has 2 aliphatic carbocycles. The maximum atomic E-state index is 2.68. The molecule has 374 valence electrons. The molecule has 13 aromatic rings. The van der Waals surface area contributed by atoms with Gasteiger partial charge in [0.1, 0.15) is 0 Å². The Morgan fingerprint density at radius 2 is 0.737 bits per heavy atom. The number of benzene rings is 9. The molecule has 0 N–H and O–H groups in total. The van der Waals surface area contributed by atoms with E-state index < -0.39 is 0 Å². The van der Waals surface area contributed by atoms with Gasteiger partial charge >= 0.3 is 0 Å². The fraction of sp³-hybridized carbons (Fsp3) is 0.250. The maximum Gasteiger partial charge on any atom is 0.0641 e. The molecule has 0 bridgehead atoms. The smallest absolute Gasteiger partial charge is 0.0641 e. The molecule has 4 heterocycles. The van der Waals surface area contributed by atoms with Crippen molar-refractivity contribution >= 4 is 110 Å². The van der Waals surface area contributed by atoms with Gasteiger partial charge in [-0.05, 0) is 193 Å². The third kappa shape index (κ3) is 6.61. The van der Waals surface area contributed by atoms with Gasteiger partial charge < -0.3 is 18.6 Å². The van der Waals surface area contributed by atoms with Crippen LogP contribution in [0.25, 0.3) is 76.2 Å². The zero-order valence-electron chi connectivity index (χ0n) is 45.5. The average molecular weight is 987 g/mol. The molecular formula is C72H66N4. The largest absolute Gasteiger partial charge is 0.310 e. The van der Waals surface area contributed by atoms with Crippen LogP contribution in [0.2, 0.25) is 0 Å². The van der Waals surface area contributed by atoms with E-state index in [1.165, 1.54) is 193 Å².